The van der Waals surface area contributed by atoms with Crippen LogP contribution in [0.15, 0.2) is 52.1 Å². The molecular weight excluding hydrogens is 456 g/mol. The number of fused-ring (bicyclic) bond motifs is 8. The summed E-state index contributed by atoms with van der Waals surface area (Å²) < 4.78 is 6.91. The summed E-state index contributed by atoms with van der Waals surface area (Å²) in [6, 6.07) is 11.2. The highest BCUT2D eigenvalue weighted by atomic mass is 79.9. The zero-order chi connectivity index (χ0) is 20.7. The van der Waals surface area contributed by atoms with Gasteiger partial charge in [0.15, 0.2) is 6.10 Å². The Kier molecular flexibility index (Phi) is 3.61. The Labute approximate surface area is 178 Å². The molecule has 0 spiro atoms. The minimum Gasteiger partial charge on any atom is -0.508 e. The maximum Gasteiger partial charge on any atom is 0.240 e. The molecule has 0 aromatic heterocycles. The third-order valence-electron chi connectivity index (χ3n) is 6.32. The van der Waals surface area contributed by atoms with Crippen LogP contribution < -0.4 is 4.90 Å². The molecule has 2 aromatic rings. The van der Waals surface area contributed by atoms with Crippen LogP contribution in [0.25, 0.3) is 0 Å². The highest BCUT2D eigenvalue weighted by Crippen LogP contribution is 2.55. The molecule has 0 aliphatic carbocycles. The van der Waals surface area contributed by atoms with Gasteiger partial charge in [0.2, 0.25) is 11.8 Å². The summed E-state index contributed by atoms with van der Waals surface area (Å²) in [5.41, 5.74) is 1.52. The van der Waals surface area contributed by atoms with Crippen molar-refractivity contribution in [3.05, 3.63) is 52.5 Å². The van der Waals surface area contributed by atoms with E-state index in [4.69, 9.17) is 9.57 Å². The number of anilines is 1. The zero-order valence-electron chi connectivity index (χ0n) is 15.3. The molecule has 0 saturated carbocycles. The first-order valence-electron chi connectivity index (χ1n) is 9.50. The molecule has 4 heterocycles. The molecule has 3 saturated heterocycles. The van der Waals surface area contributed by atoms with Crippen molar-refractivity contribution in [3.63, 3.8) is 0 Å². The number of ether oxygens (including phenoxy) is 1. The van der Waals surface area contributed by atoms with Gasteiger partial charge < -0.3 is 19.8 Å². The lowest BCUT2D eigenvalue weighted by Gasteiger charge is -2.26. The Morgan fingerprint density at radius 2 is 1.50 bits per heavy atom. The number of rotatable bonds is 2. The minimum absolute atomic E-state index is 0.105. The fraction of sp³-hybridized carbons (Fsp3) is 0.286. The van der Waals surface area contributed by atoms with E-state index in [2.05, 4.69) is 21.1 Å². The van der Waals surface area contributed by atoms with E-state index in [1.807, 2.05) is 0 Å². The van der Waals surface area contributed by atoms with E-state index in [1.54, 1.807) is 24.3 Å². The average molecular weight is 471 g/mol. The van der Waals surface area contributed by atoms with Crippen molar-refractivity contribution in [1.29, 1.82) is 0 Å². The second-order valence-electron chi connectivity index (χ2n) is 7.92. The number of phenolic OH excluding ortho intramolecular Hbond substituents is 2. The molecule has 9 heteroatoms. The van der Waals surface area contributed by atoms with E-state index in [0.717, 1.165) is 4.47 Å². The van der Waals surface area contributed by atoms with Crippen molar-refractivity contribution in [2.24, 2.45) is 22.9 Å². The number of amides is 2. The highest BCUT2D eigenvalue weighted by Gasteiger charge is 2.72. The maximum atomic E-state index is 13.3. The van der Waals surface area contributed by atoms with Crippen LogP contribution in [0.4, 0.5) is 5.69 Å². The largest absolute Gasteiger partial charge is 0.508 e. The molecule has 3 fully saturated rings. The molecule has 2 bridgehead atoms. The first-order chi connectivity index (χ1) is 14.4. The Balaban J connectivity index is 1.36. The molecule has 2 N–H and O–H groups in total. The van der Waals surface area contributed by atoms with Crippen LogP contribution in [0.5, 0.6) is 11.5 Å². The summed E-state index contributed by atoms with van der Waals surface area (Å²) in [6.07, 6.45) is -1.63. The maximum absolute atomic E-state index is 13.3. The topological polar surface area (TPSA) is 109 Å². The number of hydrogen-bond acceptors (Lipinski definition) is 7. The van der Waals surface area contributed by atoms with E-state index < -0.39 is 30.1 Å². The fourth-order valence-electron chi connectivity index (χ4n) is 5.18. The summed E-state index contributed by atoms with van der Waals surface area (Å²) in [7, 11) is 0. The van der Waals surface area contributed by atoms with Gasteiger partial charge in [-0.1, -0.05) is 21.1 Å². The van der Waals surface area contributed by atoms with Crippen LogP contribution in [0, 0.1) is 17.8 Å². The van der Waals surface area contributed by atoms with Gasteiger partial charge in [-0.2, -0.15) is 0 Å². The van der Waals surface area contributed by atoms with E-state index >= 15 is 0 Å². The third-order valence-corrected chi connectivity index (χ3v) is 6.85. The van der Waals surface area contributed by atoms with Gasteiger partial charge in [-0.3, -0.25) is 9.59 Å². The molecule has 6 rings (SSSR count). The van der Waals surface area contributed by atoms with Gasteiger partial charge in [-0.15, -0.1) is 0 Å². The van der Waals surface area contributed by atoms with Crippen molar-refractivity contribution in [1.82, 2.24) is 0 Å². The molecule has 0 radical (unpaired) electrons. The first kappa shape index (κ1) is 17.9. The van der Waals surface area contributed by atoms with Crippen LogP contribution in [0.2, 0.25) is 0 Å². The SMILES string of the molecule is O=C1[C@@H]2[C@@H]3O[C@@H]([C@H]4C(c5cc(O)cc(O)c5)=NO[C@@H]34)[C@@H]2C(=O)N1c1ccc(Br)cc1. The smallest absolute Gasteiger partial charge is 0.240 e. The molecule has 0 unspecified atom stereocenters. The molecule has 2 amide bonds. The summed E-state index contributed by atoms with van der Waals surface area (Å²) in [5, 5.41) is 23.8. The molecule has 152 valence electrons. The second kappa shape index (κ2) is 6.05. The Hall–Kier alpha value is -2.91. The molecular formula is C21H15BrN2O6. The molecule has 8 nitrogen and oxygen atoms in total. The second-order valence-corrected chi connectivity index (χ2v) is 8.83. The number of hydrogen-bond donors (Lipinski definition) is 2. The molecule has 4 aliphatic rings. The lowest BCUT2D eigenvalue weighted by Crippen LogP contribution is -2.45. The molecule has 4 aliphatic heterocycles. The van der Waals surface area contributed by atoms with E-state index in [9.17, 15) is 19.8 Å². The number of halogens is 1. The number of aromatic hydroxyl groups is 2. The van der Waals surface area contributed by atoms with Crippen molar-refractivity contribution in [2.75, 3.05) is 4.90 Å². The summed E-state index contributed by atoms with van der Waals surface area (Å²) >= 11 is 3.36. The van der Waals surface area contributed by atoms with E-state index in [-0.39, 0.29) is 29.2 Å². The number of oxime groups is 1. The van der Waals surface area contributed by atoms with E-state index in [0.29, 0.717) is 17.0 Å². The Bertz CT molecular complexity index is 1110. The van der Waals surface area contributed by atoms with Crippen LogP contribution in [0.3, 0.4) is 0 Å². The van der Waals surface area contributed by atoms with Crippen LogP contribution in [-0.4, -0.2) is 46.1 Å². The fourth-order valence-corrected chi connectivity index (χ4v) is 5.45. The lowest BCUT2D eigenvalue weighted by atomic mass is 9.71. The number of benzene rings is 2. The Morgan fingerprint density at radius 1 is 0.867 bits per heavy atom. The van der Waals surface area contributed by atoms with Crippen LogP contribution >= 0.6 is 15.9 Å². The van der Waals surface area contributed by atoms with Gasteiger partial charge in [0.1, 0.15) is 17.6 Å². The van der Waals surface area contributed by atoms with Gasteiger partial charge in [0.25, 0.3) is 0 Å². The van der Waals surface area contributed by atoms with Gasteiger partial charge in [-0.05, 0) is 36.4 Å². The molecule has 2 aromatic carbocycles. The van der Waals surface area contributed by atoms with Crippen LogP contribution in [0.1, 0.15) is 5.56 Å². The van der Waals surface area contributed by atoms with Crippen molar-refractivity contribution < 1.29 is 29.4 Å². The highest BCUT2D eigenvalue weighted by molar-refractivity contribution is 9.10. The minimum atomic E-state index is -0.620. The number of carbonyl (C=O) groups is 2. The summed E-state index contributed by atoms with van der Waals surface area (Å²) in [6.45, 7) is 0. The lowest BCUT2D eigenvalue weighted by molar-refractivity contribution is -0.125. The number of imide groups is 1. The average Bonchev–Trinajstić information content (AvgIpc) is 3.42. The first-order valence-corrected chi connectivity index (χ1v) is 10.3. The monoisotopic (exact) mass is 470 g/mol. The molecule has 30 heavy (non-hydrogen) atoms. The van der Waals surface area contributed by atoms with Gasteiger partial charge in [0.05, 0.1) is 35.3 Å². The van der Waals surface area contributed by atoms with Crippen molar-refractivity contribution in [2.45, 2.75) is 18.3 Å². The standard InChI is InChI=1S/C21H15BrN2O6/c22-9-1-3-10(4-2-9)24-20(27)13-14(21(24)28)18-19-15(17(13)29-18)16(23-30-19)8-5-11(25)7-12(26)6-8/h1-7,13-15,17-19,25-26H/t13-,14+,15-,17-,18+,19-/m1/s1. The number of carbonyl (C=O) groups excluding carboxylic acids is 2. The zero-order valence-corrected chi connectivity index (χ0v) is 16.9. The predicted molar refractivity (Wildman–Crippen MR) is 107 cm³/mol. The van der Waals surface area contributed by atoms with E-state index in [1.165, 1.54) is 23.1 Å². The molecule has 6 atom stereocenters. The van der Waals surface area contributed by atoms with Crippen LogP contribution in [-0.2, 0) is 19.2 Å². The Morgan fingerprint density at radius 3 is 2.17 bits per heavy atom. The predicted octanol–water partition coefficient (Wildman–Crippen LogP) is 2.17. The summed E-state index contributed by atoms with van der Waals surface area (Å²) in [5.74, 6) is -2.38. The summed E-state index contributed by atoms with van der Waals surface area (Å²) in [4.78, 5) is 33.3. The number of nitrogens with zero attached hydrogens (tertiary/aromatic N) is 2. The van der Waals surface area contributed by atoms with Gasteiger partial charge in [0, 0.05) is 16.1 Å². The van der Waals surface area contributed by atoms with Crippen molar-refractivity contribution in [3.8, 4) is 11.5 Å². The van der Waals surface area contributed by atoms with Crippen molar-refractivity contribution >= 4 is 39.1 Å². The van der Waals surface area contributed by atoms with Gasteiger partial charge in [-0.25, -0.2) is 4.90 Å². The normalized spacial score (nSPS) is 33.5. The third kappa shape index (κ3) is 2.27. The van der Waals surface area contributed by atoms with Gasteiger partial charge >= 0.3 is 0 Å². The number of phenols is 2. The quantitative estimate of drug-likeness (QED) is 0.651.